The van der Waals surface area contributed by atoms with E-state index in [9.17, 15) is 0 Å². The summed E-state index contributed by atoms with van der Waals surface area (Å²) in [5.74, 6) is 1.68. The van der Waals surface area contributed by atoms with Gasteiger partial charge in [-0.1, -0.05) is 38.3 Å². The summed E-state index contributed by atoms with van der Waals surface area (Å²) in [4.78, 5) is 4.55. The molecule has 5 heteroatoms. The lowest BCUT2D eigenvalue weighted by Gasteiger charge is -2.38. The van der Waals surface area contributed by atoms with Gasteiger partial charge in [-0.05, 0) is 38.0 Å². The van der Waals surface area contributed by atoms with Crippen LogP contribution in [0.5, 0.6) is 0 Å². The Morgan fingerprint density at radius 1 is 1.18 bits per heavy atom. The van der Waals surface area contributed by atoms with Crippen LogP contribution in [-0.2, 0) is 0 Å². The van der Waals surface area contributed by atoms with E-state index in [0.717, 1.165) is 31.6 Å². The predicted octanol–water partition coefficient (Wildman–Crippen LogP) is 3.64. The van der Waals surface area contributed by atoms with Crippen LogP contribution in [0.15, 0.2) is 4.52 Å². The van der Waals surface area contributed by atoms with E-state index in [-0.39, 0.29) is 16.9 Å². The lowest BCUT2D eigenvalue weighted by Crippen LogP contribution is -2.49. The van der Waals surface area contributed by atoms with E-state index in [2.05, 4.69) is 30.9 Å². The molecule has 0 radical (unpaired) electrons. The quantitative estimate of drug-likeness (QED) is 0.834. The number of hydrogen-bond donors (Lipinski definition) is 2. The van der Waals surface area contributed by atoms with Crippen molar-refractivity contribution in [1.29, 1.82) is 5.41 Å². The Morgan fingerprint density at radius 2 is 1.86 bits per heavy atom. The van der Waals surface area contributed by atoms with Crippen LogP contribution < -0.4 is 5.73 Å². The number of rotatable bonds is 3. The van der Waals surface area contributed by atoms with Crippen LogP contribution in [0.25, 0.3) is 0 Å². The second kappa shape index (κ2) is 5.44. The van der Waals surface area contributed by atoms with Gasteiger partial charge in [0.15, 0.2) is 0 Å². The van der Waals surface area contributed by atoms with Crippen molar-refractivity contribution in [3.63, 3.8) is 0 Å². The maximum Gasteiger partial charge on any atom is 0.230 e. The summed E-state index contributed by atoms with van der Waals surface area (Å²) >= 11 is 0. The highest BCUT2D eigenvalue weighted by Crippen LogP contribution is 2.49. The molecule has 2 aliphatic rings. The Balaban J connectivity index is 1.77. The van der Waals surface area contributed by atoms with Crippen molar-refractivity contribution in [2.24, 2.45) is 17.1 Å². The first-order valence-electron chi connectivity index (χ1n) is 8.54. The van der Waals surface area contributed by atoms with Crippen molar-refractivity contribution in [3.05, 3.63) is 11.7 Å². The highest BCUT2D eigenvalue weighted by atomic mass is 16.5. The van der Waals surface area contributed by atoms with E-state index in [4.69, 9.17) is 15.7 Å². The minimum absolute atomic E-state index is 0.0966. The van der Waals surface area contributed by atoms with Gasteiger partial charge in [0, 0.05) is 17.4 Å². The topological polar surface area (TPSA) is 88.8 Å². The third kappa shape index (κ3) is 2.49. The van der Waals surface area contributed by atoms with Crippen LogP contribution in [0, 0.1) is 16.7 Å². The second-order valence-corrected chi connectivity index (χ2v) is 7.94. The van der Waals surface area contributed by atoms with Crippen molar-refractivity contribution in [1.82, 2.24) is 10.1 Å². The van der Waals surface area contributed by atoms with Gasteiger partial charge in [0.05, 0.1) is 5.71 Å². The van der Waals surface area contributed by atoms with Gasteiger partial charge in [-0.3, -0.25) is 0 Å². The van der Waals surface area contributed by atoms with Gasteiger partial charge in [-0.15, -0.1) is 0 Å². The summed E-state index contributed by atoms with van der Waals surface area (Å²) in [5, 5.41) is 12.6. The molecule has 0 aliphatic heterocycles. The van der Waals surface area contributed by atoms with Gasteiger partial charge >= 0.3 is 0 Å². The van der Waals surface area contributed by atoms with Crippen LogP contribution in [0.4, 0.5) is 0 Å². The molecule has 0 saturated heterocycles. The molecular formula is C17H28N4O. The van der Waals surface area contributed by atoms with Crippen LogP contribution in [-0.4, -0.2) is 21.4 Å². The van der Waals surface area contributed by atoms with Gasteiger partial charge in [-0.25, -0.2) is 0 Å². The number of nitrogens with one attached hydrogen (secondary N) is 1. The minimum Gasteiger partial charge on any atom is -0.339 e. The molecule has 2 fully saturated rings. The average molecular weight is 304 g/mol. The highest BCUT2D eigenvalue weighted by molar-refractivity contribution is 5.97. The zero-order chi connectivity index (χ0) is 16.0. The van der Waals surface area contributed by atoms with E-state index < -0.39 is 0 Å². The smallest absolute Gasteiger partial charge is 0.230 e. The Kier molecular flexibility index (Phi) is 3.87. The molecule has 122 valence electrons. The third-order valence-electron chi connectivity index (χ3n) is 6.28. The molecular weight excluding hydrogens is 276 g/mol. The number of nitrogens with zero attached hydrogens (tertiary/aromatic N) is 2. The fraction of sp³-hybridized carbons (Fsp3) is 0.824. The number of nitrogens with two attached hydrogens (primary N) is 1. The summed E-state index contributed by atoms with van der Waals surface area (Å²) in [5.41, 5.74) is 6.53. The summed E-state index contributed by atoms with van der Waals surface area (Å²) in [7, 11) is 0. The van der Waals surface area contributed by atoms with Gasteiger partial charge < -0.3 is 15.7 Å². The average Bonchev–Trinajstić information content (AvgIpc) is 3.04. The number of aromatic nitrogens is 2. The molecule has 2 atom stereocenters. The highest BCUT2D eigenvalue weighted by Gasteiger charge is 2.51. The maximum absolute atomic E-state index is 8.55. The predicted molar refractivity (Wildman–Crippen MR) is 86.1 cm³/mol. The molecule has 2 aliphatic carbocycles. The molecule has 3 rings (SSSR count). The molecule has 0 spiro atoms. The molecule has 0 aromatic carbocycles. The second-order valence-electron chi connectivity index (χ2n) is 7.94. The van der Waals surface area contributed by atoms with Gasteiger partial charge in [0.1, 0.15) is 0 Å². The Bertz CT molecular complexity index is 555. The molecule has 0 bridgehead atoms. The standard InChI is InChI=1S/C17H28N4O/c1-16(2)12(9-10-17(16,3)19)13(18)14-20-15(22-21-14)11-7-5-4-6-8-11/h11-12,18H,4-10,19H2,1-3H3/t12-,17-/m0/s1. The Morgan fingerprint density at radius 3 is 2.45 bits per heavy atom. The molecule has 2 saturated carbocycles. The van der Waals surface area contributed by atoms with E-state index >= 15 is 0 Å². The minimum atomic E-state index is -0.250. The SMILES string of the molecule is CC1(C)[C@H](C(=N)c2noc(C3CCCCC3)n2)CC[C@]1(C)N. The summed E-state index contributed by atoms with van der Waals surface area (Å²) < 4.78 is 5.47. The van der Waals surface area contributed by atoms with Gasteiger partial charge in [0.25, 0.3) is 0 Å². The third-order valence-corrected chi connectivity index (χ3v) is 6.28. The summed E-state index contributed by atoms with van der Waals surface area (Å²) in [6.45, 7) is 6.40. The molecule has 1 aromatic rings. The molecule has 1 heterocycles. The fourth-order valence-corrected chi connectivity index (χ4v) is 4.05. The normalized spacial score (nSPS) is 32.3. The molecule has 22 heavy (non-hydrogen) atoms. The Hall–Kier alpha value is -1.23. The van der Waals surface area contributed by atoms with E-state index in [1.54, 1.807) is 0 Å². The van der Waals surface area contributed by atoms with Crippen LogP contribution in [0.2, 0.25) is 0 Å². The van der Waals surface area contributed by atoms with Gasteiger partial charge in [0.2, 0.25) is 11.7 Å². The molecule has 0 unspecified atom stereocenters. The Labute approximate surface area is 132 Å². The van der Waals surface area contributed by atoms with Crippen LogP contribution in [0.1, 0.15) is 83.3 Å². The van der Waals surface area contributed by atoms with Crippen molar-refractivity contribution < 1.29 is 4.52 Å². The zero-order valence-electron chi connectivity index (χ0n) is 14.0. The largest absolute Gasteiger partial charge is 0.339 e. The molecule has 5 nitrogen and oxygen atoms in total. The lowest BCUT2D eigenvalue weighted by atomic mass is 9.70. The maximum atomic E-state index is 8.55. The van der Waals surface area contributed by atoms with Crippen LogP contribution in [0.3, 0.4) is 0 Å². The fourth-order valence-electron chi connectivity index (χ4n) is 4.05. The number of hydrogen-bond acceptors (Lipinski definition) is 5. The monoisotopic (exact) mass is 304 g/mol. The first-order valence-corrected chi connectivity index (χ1v) is 8.54. The van der Waals surface area contributed by atoms with Crippen molar-refractivity contribution in [3.8, 4) is 0 Å². The molecule has 3 N–H and O–H groups in total. The van der Waals surface area contributed by atoms with Crippen molar-refractivity contribution in [2.75, 3.05) is 0 Å². The first-order chi connectivity index (χ1) is 10.3. The lowest BCUT2D eigenvalue weighted by molar-refractivity contribution is 0.200. The van der Waals surface area contributed by atoms with Crippen LogP contribution >= 0.6 is 0 Å². The summed E-state index contributed by atoms with van der Waals surface area (Å²) in [6.07, 6.45) is 7.89. The van der Waals surface area contributed by atoms with Gasteiger partial charge in [-0.2, -0.15) is 4.98 Å². The zero-order valence-corrected chi connectivity index (χ0v) is 14.0. The molecule has 1 aromatic heterocycles. The van der Waals surface area contributed by atoms with Crippen molar-refractivity contribution >= 4 is 5.71 Å². The van der Waals surface area contributed by atoms with E-state index in [1.165, 1.54) is 19.3 Å². The van der Waals surface area contributed by atoms with E-state index in [0.29, 0.717) is 17.5 Å². The van der Waals surface area contributed by atoms with Crippen molar-refractivity contribution in [2.45, 2.75) is 77.2 Å². The molecule has 0 amide bonds. The summed E-state index contributed by atoms with van der Waals surface area (Å²) in [6, 6.07) is 0. The van der Waals surface area contributed by atoms with E-state index in [1.807, 2.05) is 0 Å². The first kappa shape index (κ1) is 15.7.